The molecule has 0 aromatic heterocycles. The number of thioether (sulfide) groups is 1. The zero-order chi connectivity index (χ0) is 11.4. The van der Waals surface area contributed by atoms with E-state index in [-0.39, 0.29) is 0 Å². The lowest BCUT2D eigenvalue weighted by Crippen LogP contribution is -2.08. The van der Waals surface area contributed by atoms with Crippen molar-refractivity contribution in [3.63, 3.8) is 0 Å². The van der Waals surface area contributed by atoms with E-state index in [4.69, 9.17) is 22.1 Å². The molecule has 0 unspecified atom stereocenters. The van der Waals surface area contributed by atoms with Crippen LogP contribution in [-0.2, 0) is 4.74 Å². The van der Waals surface area contributed by atoms with E-state index < -0.39 is 5.97 Å². The summed E-state index contributed by atoms with van der Waals surface area (Å²) in [7, 11) is 0. The molecule has 0 spiro atoms. The van der Waals surface area contributed by atoms with Gasteiger partial charge >= 0.3 is 5.97 Å². The lowest BCUT2D eigenvalue weighted by Gasteiger charge is -2.08. The Hall–Kier alpha value is -0.870. The Balaban J connectivity index is 3.12. The first-order valence-electron chi connectivity index (χ1n) is 4.40. The minimum atomic E-state index is -0.415. The molecule has 2 N–H and O–H groups in total. The van der Waals surface area contributed by atoms with Crippen LogP contribution in [0.4, 0.5) is 5.69 Å². The Morgan fingerprint density at radius 1 is 1.60 bits per heavy atom. The number of benzene rings is 1. The molecule has 0 aliphatic rings. The molecule has 15 heavy (non-hydrogen) atoms. The highest BCUT2D eigenvalue weighted by atomic mass is 35.5. The molecular weight excluding hydrogens is 234 g/mol. The average molecular weight is 246 g/mol. The molecule has 0 fully saturated rings. The summed E-state index contributed by atoms with van der Waals surface area (Å²) >= 11 is 7.39. The molecule has 0 saturated heterocycles. The molecule has 0 radical (unpaired) electrons. The first-order valence-corrected chi connectivity index (χ1v) is 6.00. The zero-order valence-corrected chi connectivity index (χ0v) is 10.1. The second-order valence-corrected chi connectivity index (χ2v) is 4.05. The molecule has 0 aliphatic heterocycles. The van der Waals surface area contributed by atoms with Gasteiger partial charge < -0.3 is 10.5 Å². The lowest BCUT2D eigenvalue weighted by atomic mass is 10.2. The molecule has 0 aliphatic carbocycles. The third-order valence-electron chi connectivity index (χ3n) is 1.82. The van der Waals surface area contributed by atoms with Crippen LogP contribution in [0.25, 0.3) is 0 Å². The number of hydrogen-bond acceptors (Lipinski definition) is 4. The minimum Gasteiger partial charge on any atom is -0.462 e. The first kappa shape index (κ1) is 12.2. The number of esters is 1. The summed E-state index contributed by atoms with van der Waals surface area (Å²) in [5, 5.41) is 0.549. The Labute approximate surface area is 97.9 Å². The van der Waals surface area contributed by atoms with E-state index >= 15 is 0 Å². The SMILES string of the molecule is CCOC(=O)c1cc(SC)c(Cl)cc1N. The Morgan fingerprint density at radius 3 is 2.80 bits per heavy atom. The van der Waals surface area contributed by atoms with Gasteiger partial charge in [-0.05, 0) is 25.3 Å². The van der Waals surface area contributed by atoms with Gasteiger partial charge in [0.1, 0.15) is 0 Å². The van der Waals surface area contributed by atoms with Crippen LogP contribution in [0.3, 0.4) is 0 Å². The number of carbonyl (C=O) groups excluding carboxylic acids is 1. The highest BCUT2D eigenvalue weighted by Crippen LogP contribution is 2.30. The monoisotopic (exact) mass is 245 g/mol. The fraction of sp³-hybridized carbons (Fsp3) is 0.300. The maximum Gasteiger partial charge on any atom is 0.340 e. The van der Waals surface area contributed by atoms with E-state index in [2.05, 4.69) is 0 Å². The van der Waals surface area contributed by atoms with Gasteiger partial charge in [0.05, 0.1) is 17.2 Å². The normalized spacial score (nSPS) is 10.1. The third kappa shape index (κ3) is 2.79. The lowest BCUT2D eigenvalue weighted by molar-refractivity contribution is 0.0527. The molecule has 5 heteroatoms. The van der Waals surface area contributed by atoms with Gasteiger partial charge in [0.25, 0.3) is 0 Å². The molecule has 82 valence electrons. The van der Waals surface area contributed by atoms with E-state index in [9.17, 15) is 4.79 Å². The van der Waals surface area contributed by atoms with Gasteiger partial charge in [-0.15, -0.1) is 11.8 Å². The summed E-state index contributed by atoms with van der Waals surface area (Å²) in [6, 6.07) is 3.22. The van der Waals surface area contributed by atoms with Crippen LogP contribution in [0, 0.1) is 0 Å². The quantitative estimate of drug-likeness (QED) is 0.506. The second-order valence-electron chi connectivity index (χ2n) is 2.79. The molecular formula is C10H12ClNO2S. The summed E-state index contributed by atoms with van der Waals surface area (Å²) in [5.74, 6) is -0.415. The molecule has 1 rings (SSSR count). The van der Waals surface area contributed by atoms with Crippen LogP contribution >= 0.6 is 23.4 Å². The number of halogens is 1. The Morgan fingerprint density at radius 2 is 2.27 bits per heavy atom. The topological polar surface area (TPSA) is 52.3 Å². The molecule has 1 aromatic carbocycles. The van der Waals surface area contributed by atoms with Crippen LogP contribution in [0.5, 0.6) is 0 Å². The summed E-state index contributed by atoms with van der Waals surface area (Å²) in [6.07, 6.45) is 1.88. The van der Waals surface area contributed by atoms with Gasteiger partial charge in [-0.1, -0.05) is 11.6 Å². The van der Waals surface area contributed by atoms with Crippen LogP contribution in [0.1, 0.15) is 17.3 Å². The zero-order valence-electron chi connectivity index (χ0n) is 8.54. The van der Waals surface area contributed by atoms with Crippen LogP contribution in [0.15, 0.2) is 17.0 Å². The Kier molecular flexibility index (Phi) is 4.29. The van der Waals surface area contributed by atoms with Gasteiger partial charge in [0.2, 0.25) is 0 Å². The number of carbonyl (C=O) groups is 1. The number of nitrogen functional groups attached to an aromatic ring is 1. The molecule has 0 saturated carbocycles. The van der Waals surface area contributed by atoms with E-state index in [1.54, 1.807) is 19.1 Å². The summed E-state index contributed by atoms with van der Waals surface area (Å²) in [4.78, 5) is 12.3. The summed E-state index contributed by atoms with van der Waals surface area (Å²) < 4.78 is 4.88. The molecule has 0 atom stereocenters. The molecule has 0 amide bonds. The van der Waals surface area contributed by atoms with E-state index in [0.717, 1.165) is 4.90 Å². The molecule has 0 bridgehead atoms. The van der Waals surface area contributed by atoms with E-state index in [0.29, 0.717) is 22.9 Å². The van der Waals surface area contributed by atoms with Gasteiger partial charge in [-0.3, -0.25) is 0 Å². The van der Waals surface area contributed by atoms with Crippen molar-refractivity contribution >= 4 is 35.0 Å². The van der Waals surface area contributed by atoms with Gasteiger partial charge in [-0.2, -0.15) is 0 Å². The molecule has 0 heterocycles. The van der Waals surface area contributed by atoms with Crippen molar-refractivity contribution in [2.75, 3.05) is 18.6 Å². The van der Waals surface area contributed by atoms with Crippen molar-refractivity contribution in [1.82, 2.24) is 0 Å². The van der Waals surface area contributed by atoms with Crippen molar-refractivity contribution in [2.24, 2.45) is 0 Å². The number of ether oxygens (including phenoxy) is 1. The van der Waals surface area contributed by atoms with E-state index in [1.807, 2.05) is 6.26 Å². The Bertz CT molecular complexity index is 382. The predicted molar refractivity (Wildman–Crippen MR) is 63.6 cm³/mol. The van der Waals surface area contributed by atoms with Crippen LogP contribution in [0.2, 0.25) is 5.02 Å². The standard InChI is InChI=1S/C10H12ClNO2S/c1-3-14-10(13)6-4-9(15-2)7(11)5-8(6)12/h4-5H,3,12H2,1-2H3. The van der Waals surface area contributed by atoms with Gasteiger partial charge in [-0.25, -0.2) is 4.79 Å². The number of rotatable bonds is 3. The summed E-state index contributed by atoms with van der Waals surface area (Å²) in [6.45, 7) is 2.08. The number of nitrogens with two attached hydrogens (primary N) is 1. The molecule has 3 nitrogen and oxygen atoms in total. The van der Waals surface area contributed by atoms with Gasteiger partial charge in [0, 0.05) is 10.6 Å². The van der Waals surface area contributed by atoms with Crippen molar-refractivity contribution in [3.05, 3.63) is 22.7 Å². The molecule has 1 aromatic rings. The van der Waals surface area contributed by atoms with Crippen molar-refractivity contribution < 1.29 is 9.53 Å². The highest BCUT2D eigenvalue weighted by molar-refractivity contribution is 7.98. The average Bonchev–Trinajstić information content (AvgIpc) is 2.18. The number of anilines is 1. The van der Waals surface area contributed by atoms with Gasteiger partial charge in [0.15, 0.2) is 0 Å². The highest BCUT2D eigenvalue weighted by Gasteiger charge is 2.13. The van der Waals surface area contributed by atoms with Crippen LogP contribution < -0.4 is 5.73 Å². The van der Waals surface area contributed by atoms with Crippen molar-refractivity contribution in [2.45, 2.75) is 11.8 Å². The maximum absolute atomic E-state index is 11.5. The second kappa shape index (κ2) is 5.28. The predicted octanol–water partition coefficient (Wildman–Crippen LogP) is 2.82. The smallest absolute Gasteiger partial charge is 0.340 e. The first-order chi connectivity index (χ1) is 7.10. The fourth-order valence-electron chi connectivity index (χ4n) is 1.11. The van der Waals surface area contributed by atoms with Crippen LogP contribution in [-0.4, -0.2) is 18.8 Å². The largest absolute Gasteiger partial charge is 0.462 e. The maximum atomic E-state index is 11.5. The van der Waals surface area contributed by atoms with Crippen molar-refractivity contribution in [3.8, 4) is 0 Å². The number of hydrogen-bond donors (Lipinski definition) is 1. The minimum absolute atomic E-state index is 0.329. The van der Waals surface area contributed by atoms with E-state index in [1.165, 1.54) is 11.8 Å². The summed E-state index contributed by atoms with van der Waals surface area (Å²) in [5.41, 5.74) is 6.39. The fourth-order valence-corrected chi connectivity index (χ4v) is 2.00. The van der Waals surface area contributed by atoms with Crippen molar-refractivity contribution in [1.29, 1.82) is 0 Å². The third-order valence-corrected chi connectivity index (χ3v) is 3.02.